The minimum Gasteiger partial charge on any atom is -0.469 e. The molecule has 7 nitrogen and oxygen atoms in total. The molecule has 0 amide bonds. The summed E-state index contributed by atoms with van der Waals surface area (Å²) in [7, 11) is -0.834. The first-order chi connectivity index (χ1) is 8.45. The largest absolute Gasteiger partial charge is 0.469 e. The third-order valence-electron chi connectivity index (χ3n) is 2.81. The zero-order valence-corrected chi connectivity index (χ0v) is 11.5. The third-order valence-corrected chi connectivity index (χ3v) is 4.44. The van der Waals surface area contributed by atoms with Crippen LogP contribution in [0.15, 0.2) is 0 Å². The number of esters is 1. The molecular formula is C10H20N2O5S. The zero-order valence-electron chi connectivity index (χ0n) is 10.7. The van der Waals surface area contributed by atoms with E-state index in [2.05, 4.69) is 9.46 Å². The smallest absolute Gasteiger partial charge is 0.306 e. The SMILES string of the molecule is COC(=O)CCN(C)S(=O)(=O)NC1CCOCC1. The van der Waals surface area contributed by atoms with Gasteiger partial charge in [-0.25, -0.2) is 0 Å². The maximum absolute atomic E-state index is 11.9. The Kier molecular flexibility index (Phi) is 6.00. The van der Waals surface area contributed by atoms with Gasteiger partial charge in [0, 0.05) is 32.8 Å². The second-order valence-electron chi connectivity index (χ2n) is 4.16. The van der Waals surface area contributed by atoms with Crippen LogP contribution in [0.5, 0.6) is 0 Å². The molecule has 0 spiro atoms. The first-order valence-corrected chi connectivity index (χ1v) is 7.28. The molecule has 0 atom stereocenters. The van der Waals surface area contributed by atoms with Crippen LogP contribution in [0, 0.1) is 0 Å². The van der Waals surface area contributed by atoms with E-state index in [1.54, 1.807) is 0 Å². The van der Waals surface area contributed by atoms with Crippen LogP contribution in [0.3, 0.4) is 0 Å². The second-order valence-corrected chi connectivity index (χ2v) is 5.97. The lowest BCUT2D eigenvalue weighted by Gasteiger charge is -2.25. The molecule has 1 heterocycles. The predicted molar refractivity (Wildman–Crippen MR) is 65.2 cm³/mol. The van der Waals surface area contributed by atoms with Crippen LogP contribution < -0.4 is 4.72 Å². The maximum atomic E-state index is 11.9. The van der Waals surface area contributed by atoms with Gasteiger partial charge in [0.15, 0.2) is 0 Å². The standard InChI is InChI=1S/C10H20N2O5S/c1-12(6-3-10(13)16-2)18(14,15)11-9-4-7-17-8-5-9/h9,11H,3-8H2,1-2H3. The molecule has 0 aromatic rings. The third kappa shape index (κ3) is 4.89. The Morgan fingerprint density at radius 1 is 1.44 bits per heavy atom. The monoisotopic (exact) mass is 280 g/mol. The summed E-state index contributed by atoms with van der Waals surface area (Å²) < 4.78 is 37.2. The molecule has 0 aromatic heterocycles. The van der Waals surface area contributed by atoms with Crippen LogP contribution in [0.4, 0.5) is 0 Å². The molecule has 1 aliphatic rings. The lowest BCUT2D eigenvalue weighted by Crippen LogP contribution is -2.46. The summed E-state index contributed by atoms with van der Waals surface area (Å²) in [4.78, 5) is 11.0. The van der Waals surface area contributed by atoms with Crippen molar-refractivity contribution in [1.29, 1.82) is 0 Å². The second kappa shape index (κ2) is 7.03. The van der Waals surface area contributed by atoms with E-state index in [4.69, 9.17) is 4.74 Å². The molecule has 18 heavy (non-hydrogen) atoms. The van der Waals surface area contributed by atoms with Gasteiger partial charge < -0.3 is 9.47 Å². The van der Waals surface area contributed by atoms with Crippen LogP contribution in [0.1, 0.15) is 19.3 Å². The molecule has 0 aromatic carbocycles. The Morgan fingerprint density at radius 2 is 2.06 bits per heavy atom. The van der Waals surface area contributed by atoms with Crippen molar-refractivity contribution in [3.8, 4) is 0 Å². The highest BCUT2D eigenvalue weighted by Crippen LogP contribution is 2.09. The highest BCUT2D eigenvalue weighted by Gasteiger charge is 2.24. The van der Waals surface area contributed by atoms with Crippen molar-refractivity contribution in [3.05, 3.63) is 0 Å². The quantitative estimate of drug-likeness (QED) is 0.663. The molecular weight excluding hydrogens is 260 g/mol. The molecule has 8 heteroatoms. The zero-order chi connectivity index (χ0) is 13.6. The van der Waals surface area contributed by atoms with Crippen molar-refractivity contribution in [2.24, 2.45) is 0 Å². The summed E-state index contributed by atoms with van der Waals surface area (Å²) in [5, 5.41) is 0. The first-order valence-electron chi connectivity index (χ1n) is 5.84. The molecule has 1 rings (SSSR count). The molecule has 0 aliphatic carbocycles. The van der Waals surface area contributed by atoms with Gasteiger partial charge in [0.05, 0.1) is 13.5 Å². The van der Waals surface area contributed by atoms with E-state index in [0.717, 1.165) is 4.31 Å². The number of methoxy groups -OCH3 is 1. The maximum Gasteiger partial charge on any atom is 0.306 e. The Hall–Kier alpha value is -0.700. The summed E-state index contributed by atoms with van der Waals surface area (Å²) in [5.41, 5.74) is 0. The van der Waals surface area contributed by atoms with Gasteiger partial charge in [-0.1, -0.05) is 0 Å². The number of rotatable bonds is 6. The normalized spacial score (nSPS) is 17.9. The summed E-state index contributed by atoms with van der Waals surface area (Å²) >= 11 is 0. The van der Waals surface area contributed by atoms with E-state index < -0.39 is 16.2 Å². The van der Waals surface area contributed by atoms with E-state index in [9.17, 15) is 13.2 Å². The molecule has 1 aliphatic heterocycles. The van der Waals surface area contributed by atoms with Crippen molar-refractivity contribution in [1.82, 2.24) is 9.03 Å². The van der Waals surface area contributed by atoms with E-state index in [-0.39, 0.29) is 19.0 Å². The van der Waals surface area contributed by atoms with Crippen molar-refractivity contribution < 1.29 is 22.7 Å². The Morgan fingerprint density at radius 3 is 2.61 bits per heavy atom. The van der Waals surface area contributed by atoms with E-state index in [1.807, 2.05) is 0 Å². The van der Waals surface area contributed by atoms with Crippen molar-refractivity contribution >= 4 is 16.2 Å². The summed E-state index contributed by atoms with van der Waals surface area (Å²) in [6.45, 7) is 1.24. The van der Waals surface area contributed by atoms with Gasteiger partial charge in [0.1, 0.15) is 0 Å². The van der Waals surface area contributed by atoms with Crippen LogP contribution >= 0.6 is 0 Å². The minimum atomic E-state index is -3.54. The molecule has 106 valence electrons. The van der Waals surface area contributed by atoms with Crippen molar-refractivity contribution in [2.45, 2.75) is 25.3 Å². The van der Waals surface area contributed by atoms with Gasteiger partial charge in [-0.3, -0.25) is 4.79 Å². The molecule has 0 saturated carbocycles. The fourth-order valence-corrected chi connectivity index (χ4v) is 2.76. The predicted octanol–water partition coefficient (Wildman–Crippen LogP) is -0.505. The van der Waals surface area contributed by atoms with Crippen LogP contribution in [-0.2, 0) is 24.5 Å². The number of ether oxygens (including phenoxy) is 2. The van der Waals surface area contributed by atoms with E-state index in [0.29, 0.717) is 26.1 Å². The fourth-order valence-electron chi connectivity index (χ4n) is 1.59. The molecule has 1 fully saturated rings. The number of hydrogen-bond acceptors (Lipinski definition) is 5. The summed E-state index contributed by atoms with van der Waals surface area (Å²) in [6, 6.07) is -0.0932. The van der Waals surface area contributed by atoms with Crippen LogP contribution in [0.2, 0.25) is 0 Å². The molecule has 1 saturated heterocycles. The highest BCUT2D eigenvalue weighted by molar-refractivity contribution is 7.87. The topological polar surface area (TPSA) is 84.9 Å². The number of carbonyl (C=O) groups is 1. The van der Waals surface area contributed by atoms with Gasteiger partial charge in [0.25, 0.3) is 10.2 Å². The molecule has 0 unspecified atom stereocenters. The number of hydrogen-bond donors (Lipinski definition) is 1. The average Bonchev–Trinajstić information content (AvgIpc) is 2.36. The fraction of sp³-hybridized carbons (Fsp3) is 0.900. The van der Waals surface area contributed by atoms with Gasteiger partial charge in [-0.05, 0) is 12.8 Å². The van der Waals surface area contributed by atoms with Crippen LogP contribution in [0.25, 0.3) is 0 Å². The number of nitrogens with zero attached hydrogens (tertiary/aromatic N) is 1. The van der Waals surface area contributed by atoms with E-state index >= 15 is 0 Å². The number of nitrogens with one attached hydrogen (secondary N) is 1. The molecule has 0 radical (unpaired) electrons. The summed E-state index contributed by atoms with van der Waals surface area (Å²) in [6.07, 6.45) is 1.38. The Balaban J connectivity index is 2.43. The Bertz CT molecular complexity index is 364. The van der Waals surface area contributed by atoms with Gasteiger partial charge in [-0.2, -0.15) is 17.4 Å². The van der Waals surface area contributed by atoms with Gasteiger partial charge >= 0.3 is 5.97 Å². The Labute approximate surface area is 108 Å². The minimum absolute atomic E-state index is 0.0433. The van der Waals surface area contributed by atoms with Crippen LogP contribution in [-0.4, -0.2) is 58.7 Å². The first kappa shape index (κ1) is 15.4. The molecule has 0 bridgehead atoms. The summed E-state index contributed by atoms with van der Waals surface area (Å²) in [5.74, 6) is -0.428. The van der Waals surface area contributed by atoms with Gasteiger partial charge in [-0.15, -0.1) is 0 Å². The lowest BCUT2D eigenvalue weighted by atomic mass is 10.1. The van der Waals surface area contributed by atoms with Gasteiger partial charge in [0.2, 0.25) is 0 Å². The van der Waals surface area contributed by atoms with Crippen molar-refractivity contribution in [3.63, 3.8) is 0 Å². The molecule has 1 N–H and O–H groups in total. The highest BCUT2D eigenvalue weighted by atomic mass is 32.2. The lowest BCUT2D eigenvalue weighted by molar-refractivity contribution is -0.140. The van der Waals surface area contributed by atoms with E-state index in [1.165, 1.54) is 14.2 Å². The number of carbonyl (C=O) groups excluding carboxylic acids is 1. The van der Waals surface area contributed by atoms with Crippen molar-refractivity contribution in [2.75, 3.05) is 33.9 Å². The average molecular weight is 280 g/mol.